The van der Waals surface area contributed by atoms with E-state index in [1.807, 2.05) is 0 Å². The molecule has 1 heterocycles. The molecule has 0 aromatic rings. The molecule has 2 amide bonds. The van der Waals surface area contributed by atoms with Gasteiger partial charge in [-0.3, -0.25) is 9.59 Å². The molecule has 108 valence electrons. The van der Waals surface area contributed by atoms with E-state index < -0.39 is 0 Å². The van der Waals surface area contributed by atoms with Crippen molar-refractivity contribution in [2.24, 2.45) is 11.7 Å². The first kappa shape index (κ1) is 14.3. The molecule has 2 aliphatic rings. The maximum Gasteiger partial charge on any atom is 0.242 e. The molecule has 0 aromatic heterocycles. The van der Waals surface area contributed by atoms with Crippen LogP contribution in [0, 0.1) is 5.92 Å². The van der Waals surface area contributed by atoms with E-state index in [0.29, 0.717) is 18.9 Å². The van der Waals surface area contributed by atoms with Crippen LogP contribution in [0.3, 0.4) is 0 Å². The van der Waals surface area contributed by atoms with Crippen LogP contribution in [0.15, 0.2) is 0 Å². The number of likely N-dealkylation sites (tertiary alicyclic amines) is 1. The summed E-state index contributed by atoms with van der Waals surface area (Å²) in [5.41, 5.74) is 6.10. The number of carbonyl (C=O) groups is 2. The maximum absolute atomic E-state index is 12.4. The van der Waals surface area contributed by atoms with Crippen LogP contribution in [-0.2, 0) is 9.59 Å². The van der Waals surface area contributed by atoms with Crippen molar-refractivity contribution in [2.75, 3.05) is 13.6 Å². The molecule has 3 atom stereocenters. The molecule has 5 heteroatoms. The van der Waals surface area contributed by atoms with E-state index in [9.17, 15) is 9.59 Å². The van der Waals surface area contributed by atoms with Gasteiger partial charge in [0, 0.05) is 26.1 Å². The number of nitrogens with two attached hydrogens (primary N) is 1. The Morgan fingerprint density at radius 2 is 1.95 bits per heavy atom. The number of rotatable bonds is 3. The summed E-state index contributed by atoms with van der Waals surface area (Å²) < 4.78 is 0. The number of nitrogens with one attached hydrogen (secondary N) is 1. The first-order valence-corrected chi connectivity index (χ1v) is 7.40. The van der Waals surface area contributed by atoms with E-state index in [1.54, 1.807) is 11.9 Å². The second-order valence-electron chi connectivity index (χ2n) is 5.77. The minimum Gasteiger partial charge on any atom is -0.357 e. The number of likely N-dealkylation sites (N-methyl/N-ethyl adjacent to an activating group) is 1. The molecule has 5 nitrogen and oxygen atoms in total. The van der Waals surface area contributed by atoms with Crippen molar-refractivity contribution >= 4 is 11.8 Å². The molecule has 0 bridgehead atoms. The minimum absolute atomic E-state index is 0.0428. The first-order chi connectivity index (χ1) is 9.13. The van der Waals surface area contributed by atoms with E-state index in [0.717, 1.165) is 25.7 Å². The predicted molar refractivity (Wildman–Crippen MR) is 73.4 cm³/mol. The summed E-state index contributed by atoms with van der Waals surface area (Å²) in [5.74, 6) is 0.361. The second-order valence-corrected chi connectivity index (χ2v) is 5.77. The Labute approximate surface area is 114 Å². The molecular formula is C14H25N3O2. The number of nitrogens with zero attached hydrogens (tertiary/aromatic N) is 1. The monoisotopic (exact) mass is 267 g/mol. The van der Waals surface area contributed by atoms with Crippen LogP contribution in [-0.4, -0.2) is 42.4 Å². The van der Waals surface area contributed by atoms with Crippen molar-refractivity contribution in [3.05, 3.63) is 0 Å². The average molecular weight is 267 g/mol. The fourth-order valence-electron chi connectivity index (χ4n) is 3.34. The van der Waals surface area contributed by atoms with Gasteiger partial charge in [0.05, 0.1) is 0 Å². The lowest BCUT2D eigenvalue weighted by Crippen LogP contribution is -2.46. The molecule has 1 aliphatic carbocycles. The second kappa shape index (κ2) is 6.37. The summed E-state index contributed by atoms with van der Waals surface area (Å²) in [4.78, 5) is 25.9. The predicted octanol–water partition coefficient (Wildman–Crippen LogP) is 0.631. The SMILES string of the molecule is CNC(=O)C1CCCN1C(=O)CC1CCCCC1N. The van der Waals surface area contributed by atoms with Gasteiger partial charge in [0.1, 0.15) is 6.04 Å². The Balaban J connectivity index is 1.93. The van der Waals surface area contributed by atoms with Crippen LogP contribution in [0.4, 0.5) is 0 Å². The summed E-state index contributed by atoms with van der Waals surface area (Å²) >= 11 is 0. The van der Waals surface area contributed by atoms with E-state index in [4.69, 9.17) is 5.73 Å². The van der Waals surface area contributed by atoms with Crippen molar-refractivity contribution in [1.29, 1.82) is 0 Å². The fourth-order valence-corrected chi connectivity index (χ4v) is 3.34. The van der Waals surface area contributed by atoms with Gasteiger partial charge in [-0.2, -0.15) is 0 Å². The lowest BCUT2D eigenvalue weighted by Gasteiger charge is -2.31. The van der Waals surface area contributed by atoms with Crippen LogP contribution in [0.2, 0.25) is 0 Å². The van der Waals surface area contributed by atoms with Gasteiger partial charge >= 0.3 is 0 Å². The van der Waals surface area contributed by atoms with Gasteiger partial charge in [0.25, 0.3) is 0 Å². The van der Waals surface area contributed by atoms with Crippen molar-refractivity contribution in [3.63, 3.8) is 0 Å². The van der Waals surface area contributed by atoms with Gasteiger partial charge in [-0.25, -0.2) is 0 Å². The van der Waals surface area contributed by atoms with Crippen LogP contribution < -0.4 is 11.1 Å². The smallest absolute Gasteiger partial charge is 0.242 e. The molecule has 2 rings (SSSR count). The van der Waals surface area contributed by atoms with Crippen molar-refractivity contribution in [1.82, 2.24) is 10.2 Å². The zero-order chi connectivity index (χ0) is 13.8. The van der Waals surface area contributed by atoms with E-state index >= 15 is 0 Å². The van der Waals surface area contributed by atoms with E-state index in [2.05, 4.69) is 5.32 Å². The maximum atomic E-state index is 12.4. The lowest BCUT2D eigenvalue weighted by atomic mass is 9.82. The fraction of sp³-hybridized carbons (Fsp3) is 0.857. The Hall–Kier alpha value is -1.10. The molecule has 2 fully saturated rings. The van der Waals surface area contributed by atoms with Gasteiger partial charge in [-0.1, -0.05) is 12.8 Å². The number of carbonyl (C=O) groups excluding carboxylic acids is 2. The van der Waals surface area contributed by atoms with Gasteiger partial charge in [-0.05, 0) is 31.6 Å². The van der Waals surface area contributed by atoms with E-state index in [-0.39, 0.29) is 23.9 Å². The molecule has 19 heavy (non-hydrogen) atoms. The highest BCUT2D eigenvalue weighted by molar-refractivity contribution is 5.88. The molecule has 3 unspecified atom stereocenters. The highest BCUT2D eigenvalue weighted by Gasteiger charge is 2.35. The van der Waals surface area contributed by atoms with Crippen molar-refractivity contribution < 1.29 is 9.59 Å². The normalized spacial score (nSPS) is 31.3. The average Bonchev–Trinajstić information content (AvgIpc) is 2.90. The molecular weight excluding hydrogens is 242 g/mol. The number of hydrogen-bond donors (Lipinski definition) is 2. The quantitative estimate of drug-likeness (QED) is 0.787. The summed E-state index contributed by atoms with van der Waals surface area (Å²) in [6.45, 7) is 0.707. The highest BCUT2D eigenvalue weighted by atomic mass is 16.2. The van der Waals surface area contributed by atoms with Crippen LogP contribution in [0.25, 0.3) is 0 Å². The highest BCUT2D eigenvalue weighted by Crippen LogP contribution is 2.28. The van der Waals surface area contributed by atoms with Gasteiger partial charge in [-0.15, -0.1) is 0 Å². The van der Waals surface area contributed by atoms with Crippen LogP contribution >= 0.6 is 0 Å². The van der Waals surface area contributed by atoms with Crippen molar-refractivity contribution in [2.45, 2.75) is 57.0 Å². The Bertz CT molecular complexity index is 346. The lowest BCUT2D eigenvalue weighted by molar-refractivity contribution is -0.139. The molecule has 1 saturated heterocycles. The third-order valence-electron chi connectivity index (χ3n) is 4.53. The molecule has 1 aliphatic heterocycles. The van der Waals surface area contributed by atoms with Gasteiger partial charge in [0.15, 0.2) is 0 Å². The molecule has 0 radical (unpaired) electrons. The molecule has 1 saturated carbocycles. The largest absolute Gasteiger partial charge is 0.357 e. The van der Waals surface area contributed by atoms with Crippen LogP contribution in [0.5, 0.6) is 0 Å². The Morgan fingerprint density at radius 3 is 2.63 bits per heavy atom. The third kappa shape index (κ3) is 3.26. The summed E-state index contributed by atoms with van der Waals surface area (Å²) in [7, 11) is 1.63. The molecule has 3 N–H and O–H groups in total. The third-order valence-corrected chi connectivity index (χ3v) is 4.53. The number of amides is 2. The van der Waals surface area contributed by atoms with Crippen molar-refractivity contribution in [3.8, 4) is 0 Å². The zero-order valence-corrected chi connectivity index (χ0v) is 11.7. The van der Waals surface area contributed by atoms with E-state index in [1.165, 1.54) is 12.8 Å². The van der Waals surface area contributed by atoms with Gasteiger partial charge in [0.2, 0.25) is 11.8 Å². The van der Waals surface area contributed by atoms with Crippen LogP contribution in [0.1, 0.15) is 44.9 Å². The summed E-state index contributed by atoms with van der Waals surface area (Å²) in [5, 5.41) is 2.65. The molecule has 0 spiro atoms. The first-order valence-electron chi connectivity index (χ1n) is 7.40. The Morgan fingerprint density at radius 1 is 1.21 bits per heavy atom. The standard InChI is InChI=1S/C14H25N3O2/c1-16-14(19)12-7-4-8-17(12)13(18)9-10-5-2-3-6-11(10)15/h10-12H,2-9,15H2,1H3,(H,16,19). The molecule has 0 aromatic carbocycles. The Kier molecular flexibility index (Phi) is 4.80. The zero-order valence-electron chi connectivity index (χ0n) is 11.7. The number of hydrogen-bond acceptors (Lipinski definition) is 3. The van der Waals surface area contributed by atoms with Gasteiger partial charge < -0.3 is 16.0 Å². The topological polar surface area (TPSA) is 75.4 Å². The summed E-state index contributed by atoms with van der Waals surface area (Å²) in [6, 6.07) is -0.115. The summed E-state index contributed by atoms with van der Waals surface area (Å²) in [6.07, 6.45) is 6.63. The minimum atomic E-state index is -0.266.